The van der Waals surface area contributed by atoms with Gasteiger partial charge in [-0.1, -0.05) is 6.92 Å². The fourth-order valence-corrected chi connectivity index (χ4v) is 1.95. The molecule has 0 saturated heterocycles. The first-order valence-corrected chi connectivity index (χ1v) is 5.99. The molecule has 5 heteroatoms. The Balaban J connectivity index is 2.80. The summed E-state index contributed by atoms with van der Waals surface area (Å²) in [6.07, 6.45) is 0.670. The molecule has 0 aliphatic carbocycles. The van der Waals surface area contributed by atoms with Crippen LogP contribution < -0.4 is 10.1 Å². The van der Waals surface area contributed by atoms with Crippen LogP contribution in [0.4, 0.5) is 0 Å². The van der Waals surface area contributed by atoms with Crippen LogP contribution in [-0.2, 0) is 0 Å². The van der Waals surface area contributed by atoms with Gasteiger partial charge in [-0.25, -0.2) is 0 Å². The van der Waals surface area contributed by atoms with E-state index in [2.05, 4.69) is 5.32 Å². The molecule has 0 saturated carbocycles. The molecule has 16 heavy (non-hydrogen) atoms. The Hall–Kier alpha value is -1.07. The number of hydrogen-bond donors (Lipinski definition) is 2. The summed E-state index contributed by atoms with van der Waals surface area (Å²) in [6, 6.07) is 1.75. The molecule has 0 aliphatic heterocycles. The molecule has 0 bridgehead atoms. The SMILES string of the molecule is CCC(C)(CO)NC(=O)c1sccc1OC. The molecule has 1 atom stereocenters. The second-order valence-corrected chi connectivity index (χ2v) is 4.76. The van der Waals surface area contributed by atoms with Crippen LogP contribution in [0, 0.1) is 0 Å². The van der Waals surface area contributed by atoms with Crippen LogP contribution in [0.1, 0.15) is 29.9 Å². The van der Waals surface area contributed by atoms with Crippen LogP contribution in [0.2, 0.25) is 0 Å². The minimum atomic E-state index is -0.577. The van der Waals surface area contributed by atoms with Crippen molar-refractivity contribution in [3.05, 3.63) is 16.3 Å². The molecule has 2 N–H and O–H groups in total. The molecule has 0 aromatic carbocycles. The third kappa shape index (κ3) is 2.74. The molecule has 4 nitrogen and oxygen atoms in total. The molecular weight excluding hydrogens is 226 g/mol. The highest BCUT2D eigenvalue weighted by Gasteiger charge is 2.25. The van der Waals surface area contributed by atoms with Crippen molar-refractivity contribution < 1.29 is 14.6 Å². The molecule has 0 aliphatic rings. The number of ether oxygens (including phenoxy) is 1. The van der Waals surface area contributed by atoms with Crippen molar-refractivity contribution in [1.29, 1.82) is 0 Å². The van der Waals surface area contributed by atoms with Crippen LogP contribution >= 0.6 is 11.3 Å². The fourth-order valence-electron chi connectivity index (χ4n) is 1.19. The van der Waals surface area contributed by atoms with Crippen molar-refractivity contribution in [3.63, 3.8) is 0 Å². The zero-order valence-electron chi connectivity index (χ0n) is 9.74. The van der Waals surface area contributed by atoms with E-state index in [1.807, 2.05) is 13.8 Å². The van der Waals surface area contributed by atoms with Crippen LogP contribution in [-0.4, -0.2) is 30.3 Å². The third-order valence-electron chi connectivity index (χ3n) is 2.60. The maximum Gasteiger partial charge on any atom is 0.265 e. The minimum absolute atomic E-state index is 0.0804. The van der Waals surface area contributed by atoms with Gasteiger partial charge in [-0.05, 0) is 24.8 Å². The van der Waals surface area contributed by atoms with Gasteiger partial charge < -0.3 is 15.2 Å². The van der Waals surface area contributed by atoms with Gasteiger partial charge in [0.25, 0.3) is 5.91 Å². The second kappa shape index (κ2) is 5.32. The lowest BCUT2D eigenvalue weighted by Gasteiger charge is -2.26. The van der Waals surface area contributed by atoms with Crippen LogP contribution in [0.3, 0.4) is 0 Å². The van der Waals surface area contributed by atoms with E-state index in [1.165, 1.54) is 18.4 Å². The first kappa shape index (κ1) is 13.0. The summed E-state index contributed by atoms with van der Waals surface area (Å²) in [7, 11) is 1.53. The van der Waals surface area contributed by atoms with Crippen molar-refractivity contribution in [2.24, 2.45) is 0 Å². The Morgan fingerprint density at radius 3 is 2.88 bits per heavy atom. The van der Waals surface area contributed by atoms with Crippen molar-refractivity contribution in [3.8, 4) is 5.75 Å². The predicted molar refractivity (Wildman–Crippen MR) is 64.1 cm³/mol. The number of aliphatic hydroxyl groups excluding tert-OH is 1. The lowest BCUT2D eigenvalue weighted by atomic mass is 10.0. The van der Waals surface area contributed by atoms with Gasteiger partial charge in [-0.15, -0.1) is 11.3 Å². The van der Waals surface area contributed by atoms with Gasteiger partial charge in [0.1, 0.15) is 10.6 Å². The maximum atomic E-state index is 11.9. The van der Waals surface area contributed by atoms with Gasteiger partial charge in [0.05, 0.1) is 19.3 Å². The first-order chi connectivity index (χ1) is 7.56. The average Bonchev–Trinajstić information content (AvgIpc) is 2.76. The number of nitrogens with one attached hydrogen (secondary N) is 1. The molecule has 1 aromatic rings. The number of methoxy groups -OCH3 is 1. The highest BCUT2D eigenvalue weighted by molar-refractivity contribution is 7.12. The van der Waals surface area contributed by atoms with Gasteiger partial charge in [-0.3, -0.25) is 4.79 Å². The molecule has 0 fully saturated rings. The van der Waals surface area contributed by atoms with E-state index in [4.69, 9.17) is 4.74 Å². The Morgan fingerprint density at radius 1 is 1.69 bits per heavy atom. The summed E-state index contributed by atoms with van der Waals surface area (Å²) in [5, 5.41) is 13.8. The maximum absolute atomic E-state index is 11.9. The van der Waals surface area contributed by atoms with Crippen molar-refractivity contribution >= 4 is 17.2 Å². The molecular formula is C11H17NO3S. The zero-order valence-corrected chi connectivity index (χ0v) is 10.6. The van der Waals surface area contributed by atoms with Crippen molar-refractivity contribution in [1.82, 2.24) is 5.32 Å². The predicted octanol–water partition coefficient (Wildman–Crippen LogP) is 1.65. The van der Waals surface area contributed by atoms with Crippen LogP contribution in [0.25, 0.3) is 0 Å². The summed E-state index contributed by atoms with van der Waals surface area (Å²) in [5.74, 6) is 0.365. The Labute approximate surface area is 99.2 Å². The van der Waals surface area contributed by atoms with Crippen molar-refractivity contribution in [2.45, 2.75) is 25.8 Å². The van der Waals surface area contributed by atoms with E-state index < -0.39 is 5.54 Å². The number of thiophene rings is 1. The Morgan fingerprint density at radius 2 is 2.38 bits per heavy atom. The quantitative estimate of drug-likeness (QED) is 0.826. The summed E-state index contributed by atoms with van der Waals surface area (Å²) in [4.78, 5) is 12.5. The molecule has 1 unspecified atom stereocenters. The van der Waals surface area contributed by atoms with E-state index in [1.54, 1.807) is 11.4 Å². The summed E-state index contributed by atoms with van der Waals surface area (Å²) >= 11 is 1.33. The smallest absolute Gasteiger partial charge is 0.265 e. The number of carbonyl (C=O) groups is 1. The van der Waals surface area contributed by atoms with Crippen molar-refractivity contribution in [2.75, 3.05) is 13.7 Å². The van der Waals surface area contributed by atoms with Crippen LogP contribution in [0.15, 0.2) is 11.4 Å². The third-order valence-corrected chi connectivity index (χ3v) is 3.49. The fraction of sp³-hybridized carbons (Fsp3) is 0.545. The van der Waals surface area contributed by atoms with E-state index in [-0.39, 0.29) is 12.5 Å². The largest absolute Gasteiger partial charge is 0.495 e. The molecule has 1 amide bonds. The summed E-state index contributed by atoms with van der Waals surface area (Å²) < 4.78 is 5.08. The van der Waals surface area contributed by atoms with E-state index in [0.717, 1.165) is 0 Å². The topological polar surface area (TPSA) is 58.6 Å². The Bertz CT molecular complexity index is 358. The Kier molecular flexibility index (Phi) is 4.32. The molecule has 0 radical (unpaired) electrons. The second-order valence-electron chi connectivity index (χ2n) is 3.84. The number of rotatable bonds is 5. The summed E-state index contributed by atoms with van der Waals surface area (Å²) in [6.45, 7) is 3.65. The first-order valence-electron chi connectivity index (χ1n) is 5.11. The molecule has 1 heterocycles. The standard InChI is InChI=1S/C11H17NO3S/c1-4-11(2,7-13)12-10(14)9-8(15-3)5-6-16-9/h5-6,13H,4,7H2,1-3H3,(H,12,14). The number of hydrogen-bond acceptors (Lipinski definition) is 4. The van der Waals surface area contributed by atoms with Crippen LogP contribution in [0.5, 0.6) is 5.75 Å². The molecule has 1 aromatic heterocycles. The lowest BCUT2D eigenvalue weighted by molar-refractivity contribution is 0.0849. The molecule has 0 spiro atoms. The highest BCUT2D eigenvalue weighted by Crippen LogP contribution is 2.25. The van der Waals surface area contributed by atoms with Gasteiger partial charge in [-0.2, -0.15) is 0 Å². The average molecular weight is 243 g/mol. The zero-order chi connectivity index (χ0) is 12.2. The highest BCUT2D eigenvalue weighted by atomic mass is 32.1. The molecule has 1 rings (SSSR count). The number of aliphatic hydroxyl groups is 1. The minimum Gasteiger partial charge on any atom is -0.495 e. The van der Waals surface area contributed by atoms with Gasteiger partial charge >= 0.3 is 0 Å². The number of amides is 1. The monoisotopic (exact) mass is 243 g/mol. The summed E-state index contributed by atoms with van der Waals surface area (Å²) in [5.41, 5.74) is -0.577. The normalized spacial score (nSPS) is 14.2. The molecule has 90 valence electrons. The van der Waals surface area contributed by atoms with Gasteiger partial charge in [0.2, 0.25) is 0 Å². The van der Waals surface area contributed by atoms with Gasteiger partial charge in [0, 0.05) is 0 Å². The lowest BCUT2D eigenvalue weighted by Crippen LogP contribution is -2.48. The van der Waals surface area contributed by atoms with Gasteiger partial charge in [0.15, 0.2) is 0 Å². The van der Waals surface area contributed by atoms with E-state index >= 15 is 0 Å². The number of carbonyl (C=O) groups excluding carboxylic acids is 1. The van der Waals surface area contributed by atoms with E-state index in [0.29, 0.717) is 17.0 Å². The van der Waals surface area contributed by atoms with E-state index in [9.17, 15) is 9.90 Å².